The number of rotatable bonds is 3. The van der Waals surface area contributed by atoms with E-state index < -0.39 is 0 Å². The highest BCUT2D eigenvalue weighted by atomic mass is 16.1. The molecule has 2 aromatic rings. The number of nitrogens with zero attached hydrogens (tertiary/aromatic N) is 1. The Balaban J connectivity index is 1.68. The van der Waals surface area contributed by atoms with Crippen molar-refractivity contribution in [3.63, 3.8) is 0 Å². The van der Waals surface area contributed by atoms with Gasteiger partial charge >= 0.3 is 0 Å². The number of aromatic nitrogens is 2. The smallest absolute Gasteiger partial charge is 0.264 e. The van der Waals surface area contributed by atoms with Gasteiger partial charge in [0.05, 0.1) is 5.69 Å². The van der Waals surface area contributed by atoms with Crippen molar-refractivity contribution < 1.29 is 4.79 Å². The molecule has 22 heavy (non-hydrogen) atoms. The van der Waals surface area contributed by atoms with Gasteiger partial charge in [0, 0.05) is 17.7 Å². The van der Waals surface area contributed by atoms with Crippen molar-refractivity contribution in [2.75, 3.05) is 0 Å². The first kappa shape index (κ1) is 14.5. The van der Waals surface area contributed by atoms with Crippen molar-refractivity contribution in [2.45, 2.75) is 38.6 Å². The maximum absolute atomic E-state index is 12.3. The molecular formula is C17H19N3O2. The molecule has 3 rings (SSSR count). The fraction of sp³-hybridized carbons (Fsp3) is 0.353. The summed E-state index contributed by atoms with van der Waals surface area (Å²) in [6, 6.07) is 9.31. The van der Waals surface area contributed by atoms with Crippen molar-refractivity contribution in [1.82, 2.24) is 15.5 Å². The predicted molar refractivity (Wildman–Crippen MR) is 84.0 cm³/mol. The van der Waals surface area contributed by atoms with E-state index in [1.165, 1.54) is 5.56 Å². The summed E-state index contributed by atoms with van der Waals surface area (Å²) in [6.07, 6.45) is 3.23. The van der Waals surface area contributed by atoms with Crippen LogP contribution >= 0.6 is 0 Å². The lowest BCUT2D eigenvalue weighted by atomic mass is 9.92. The lowest BCUT2D eigenvalue weighted by molar-refractivity contribution is 0.0933. The van der Waals surface area contributed by atoms with Gasteiger partial charge in [-0.05, 0) is 48.9 Å². The maximum Gasteiger partial charge on any atom is 0.264 e. The maximum atomic E-state index is 12.3. The molecule has 0 saturated carbocycles. The van der Waals surface area contributed by atoms with Crippen LogP contribution in [0.25, 0.3) is 0 Å². The molecule has 5 nitrogen and oxygen atoms in total. The summed E-state index contributed by atoms with van der Waals surface area (Å²) in [6.45, 7) is 2.09. The van der Waals surface area contributed by atoms with Crippen LogP contribution in [0.1, 0.15) is 40.5 Å². The van der Waals surface area contributed by atoms with Gasteiger partial charge in [-0.1, -0.05) is 19.1 Å². The number of nitrogens with one attached hydrogen (secondary N) is 2. The van der Waals surface area contributed by atoms with E-state index in [0.29, 0.717) is 12.0 Å². The first-order valence-corrected chi connectivity index (χ1v) is 7.63. The zero-order valence-corrected chi connectivity index (χ0v) is 12.6. The second-order valence-corrected chi connectivity index (χ2v) is 5.67. The zero-order chi connectivity index (χ0) is 15.5. The summed E-state index contributed by atoms with van der Waals surface area (Å²) in [5.74, 6) is -0.0612. The van der Waals surface area contributed by atoms with Crippen LogP contribution < -0.4 is 10.9 Å². The van der Waals surface area contributed by atoms with Crippen LogP contribution in [-0.4, -0.2) is 22.1 Å². The average molecular weight is 297 g/mol. The molecule has 1 aromatic heterocycles. The van der Waals surface area contributed by atoms with Gasteiger partial charge in [0.2, 0.25) is 0 Å². The van der Waals surface area contributed by atoms with Gasteiger partial charge in [0.1, 0.15) is 0 Å². The number of carbonyl (C=O) groups excluding carboxylic acids is 1. The summed E-state index contributed by atoms with van der Waals surface area (Å²) in [7, 11) is 0. The molecule has 0 fully saturated rings. The highest BCUT2D eigenvalue weighted by Crippen LogP contribution is 2.18. The third-order valence-corrected chi connectivity index (χ3v) is 4.13. The number of fused-ring (bicyclic) bond motifs is 1. The Morgan fingerprint density at radius 3 is 2.86 bits per heavy atom. The molecule has 2 N–H and O–H groups in total. The molecule has 1 aliphatic carbocycles. The SMILES string of the molecule is CCc1ccc(C(=O)N[C@@H]2CCc3n[nH]c(=O)cc3C2)cc1. The number of carbonyl (C=O) groups is 1. The molecule has 1 aliphatic rings. The Bertz CT molecular complexity index is 734. The Morgan fingerprint density at radius 2 is 2.14 bits per heavy atom. The summed E-state index contributed by atoms with van der Waals surface area (Å²) in [4.78, 5) is 23.6. The molecule has 5 heteroatoms. The molecular weight excluding hydrogens is 278 g/mol. The van der Waals surface area contributed by atoms with E-state index in [2.05, 4.69) is 22.4 Å². The van der Waals surface area contributed by atoms with E-state index in [4.69, 9.17) is 0 Å². The fourth-order valence-corrected chi connectivity index (χ4v) is 2.82. The number of aryl methyl sites for hydroxylation is 2. The van der Waals surface area contributed by atoms with Gasteiger partial charge in [-0.3, -0.25) is 9.59 Å². The summed E-state index contributed by atoms with van der Waals surface area (Å²) < 4.78 is 0. The number of hydrogen-bond acceptors (Lipinski definition) is 3. The van der Waals surface area contributed by atoms with Crippen molar-refractivity contribution >= 4 is 5.91 Å². The highest BCUT2D eigenvalue weighted by Gasteiger charge is 2.22. The molecule has 0 bridgehead atoms. The van der Waals surface area contributed by atoms with Crippen LogP contribution in [0.3, 0.4) is 0 Å². The third kappa shape index (κ3) is 3.08. The molecule has 1 atom stereocenters. The van der Waals surface area contributed by atoms with E-state index >= 15 is 0 Å². The van der Waals surface area contributed by atoms with E-state index in [0.717, 1.165) is 30.5 Å². The summed E-state index contributed by atoms with van der Waals surface area (Å²) >= 11 is 0. The van der Waals surface area contributed by atoms with Crippen LogP contribution in [0.5, 0.6) is 0 Å². The largest absolute Gasteiger partial charge is 0.349 e. The number of H-pyrrole nitrogens is 1. The van der Waals surface area contributed by atoms with E-state index in [1.807, 2.05) is 24.3 Å². The topological polar surface area (TPSA) is 74.8 Å². The standard InChI is InChI=1S/C17H19N3O2/c1-2-11-3-5-12(6-4-11)17(22)18-14-7-8-15-13(9-14)10-16(21)20-19-15/h3-6,10,14H,2,7-9H2,1H3,(H,18,22)(H,20,21)/t14-/m1/s1. The van der Waals surface area contributed by atoms with Crippen LogP contribution in [0.15, 0.2) is 35.1 Å². The molecule has 0 aliphatic heterocycles. The average Bonchev–Trinajstić information content (AvgIpc) is 2.54. The van der Waals surface area contributed by atoms with Gasteiger partial charge in [0.25, 0.3) is 11.5 Å². The minimum atomic E-state index is -0.194. The Morgan fingerprint density at radius 1 is 1.36 bits per heavy atom. The predicted octanol–water partition coefficient (Wildman–Crippen LogP) is 1.62. The minimum absolute atomic E-state index is 0.0504. The van der Waals surface area contributed by atoms with Crippen LogP contribution in [0.2, 0.25) is 0 Å². The first-order chi connectivity index (χ1) is 10.7. The number of amides is 1. The lowest BCUT2D eigenvalue weighted by Crippen LogP contribution is -2.39. The minimum Gasteiger partial charge on any atom is -0.349 e. The van der Waals surface area contributed by atoms with Gasteiger partial charge in [-0.25, -0.2) is 5.10 Å². The highest BCUT2D eigenvalue weighted by molar-refractivity contribution is 5.94. The second-order valence-electron chi connectivity index (χ2n) is 5.67. The van der Waals surface area contributed by atoms with Gasteiger partial charge in [0.15, 0.2) is 0 Å². The number of hydrogen-bond donors (Lipinski definition) is 2. The van der Waals surface area contributed by atoms with Crippen molar-refractivity contribution in [3.8, 4) is 0 Å². The fourth-order valence-electron chi connectivity index (χ4n) is 2.82. The Hall–Kier alpha value is -2.43. The Kier molecular flexibility index (Phi) is 4.04. The van der Waals surface area contributed by atoms with Gasteiger partial charge in [-0.2, -0.15) is 5.10 Å². The molecule has 1 aromatic carbocycles. The lowest BCUT2D eigenvalue weighted by Gasteiger charge is -2.24. The van der Waals surface area contributed by atoms with Gasteiger partial charge < -0.3 is 5.32 Å². The molecule has 0 spiro atoms. The molecule has 0 unspecified atom stereocenters. The molecule has 1 heterocycles. The van der Waals surface area contributed by atoms with E-state index in [1.54, 1.807) is 6.07 Å². The van der Waals surface area contributed by atoms with Crippen molar-refractivity contribution in [2.24, 2.45) is 0 Å². The van der Waals surface area contributed by atoms with Crippen LogP contribution in [0, 0.1) is 0 Å². The van der Waals surface area contributed by atoms with Crippen molar-refractivity contribution in [1.29, 1.82) is 0 Å². The number of benzene rings is 1. The molecule has 0 radical (unpaired) electrons. The molecule has 114 valence electrons. The summed E-state index contributed by atoms with van der Waals surface area (Å²) in [5.41, 5.74) is 3.56. The Labute approximate surface area is 128 Å². The van der Waals surface area contributed by atoms with Crippen molar-refractivity contribution in [3.05, 3.63) is 63.1 Å². The summed E-state index contributed by atoms with van der Waals surface area (Å²) in [5, 5.41) is 9.57. The van der Waals surface area contributed by atoms with Crippen LogP contribution in [-0.2, 0) is 19.3 Å². The van der Waals surface area contributed by atoms with Crippen LogP contribution in [0.4, 0.5) is 0 Å². The quantitative estimate of drug-likeness (QED) is 0.904. The number of aromatic amines is 1. The molecule has 0 saturated heterocycles. The molecule has 1 amide bonds. The normalized spacial score (nSPS) is 16.9. The van der Waals surface area contributed by atoms with E-state index in [-0.39, 0.29) is 17.5 Å². The first-order valence-electron chi connectivity index (χ1n) is 7.63. The zero-order valence-electron chi connectivity index (χ0n) is 12.6. The van der Waals surface area contributed by atoms with Gasteiger partial charge in [-0.15, -0.1) is 0 Å². The third-order valence-electron chi connectivity index (χ3n) is 4.13. The second kappa shape index (κ2) is 6.13. The van der Waals surface area contributed by atoms with E-state index in [9.17, 15) is 9.59 Å². The monoisotopic (exact) mass is 297 g/mol.